The van der Waals surface area contributed by atoms with Gasteiger partial charge >= 0.3 is 7.12 Å². The molecule has 0 heterocycles. The molecule has 0 bridgehead atoms. The van der Waals surface area contributed by atoms with Crippen LogP contribution in [0.3, 0.4) is 0 Å². The van der Waals surface area contributed by atoms with Crippen LogP contribution in [0.4, 0.5) is 0 Å². The van der Waals surface area contributed by atoms with Gasteiger partial charge in [-0.25, -0.2) is 0 Å². The summed E-state index contributed by atoms with van der Waals surface area (Å²) in [6.45, 7) is 14.0. The smallest absolute Gasteiger partial charge is 0.488 e. The quantitative estimate of drug-likeness (QED) is 0.0471. The Morgan fingerprint density at radius 1 is 0.375 bits per heavy atom. The highest BCUT2D eigenvalue weighted by Gasteiger charge is 2.25. The molecule has 0 aromatic heterocycles. The Kier molecular flexibility index (Phi) is 24.3. The molecule has 2 N–H and O–H groups in total. The van der Waals surface area contributed by atoms with Crippen molar-refractivity contribution >= 4 is 12.6 Å². The lowest BCUT2D eigenvalue weighted by molar-refractivity contribution is 0.290. The number of hydrogen-bond acceptors (Lipinski definition) is 7. The highest BCUT2D eigenvalue weighted by Crippen LogP contribution is 2.46. The van der Waals surface area contributed by atoms with Crippen LogP contribution in [-0.2, 0) is 0 Å². The van der Waals surface area contributed by atoms with Crippen molar-refractivity contribution in [1.29, 1.82) is 0 Å². The summed E-state index contributed by atoms with van der Waals surface area (Å²) in [5.41, 5.74) is 3.48. The molecule has 0 fully saturated rings. The Balaban J connectivity index is 2.17. The van der Waals surface area contributed by atoms with E-state index in [-0.39, 0.29) is 0 Å². The normalized spacial score (nSPS) is 11.1. The summed E-state index contributed by atoms with van der Waals surface area (Å²) in [6.07, 6.45) is 22.0. The zero-order valence-corrected chi connectivity index (χ0v) is 35.8. The fourth-order valence-electron chi connectivity index (χ4n) is 6.79. The molecular formula is C48H75BO7. The van der Waals surface area contributed by atoms with Crippen LogP contribution in [0.25, 0.3) is 22.3 Å². The zero-order chi connectivity index (χ0) is 40.2. The van der Waals surface area contributed by atoms with Crippen LogP contribution in [0.1, 0.15) is 163 Å². The Labute approximate surface area is 341 Å². The summed E-state index contributed by atoms with van der Waals surface area (Å²) >= 11 is 0. The third-order valence-electron chi connectivity index (χ3n) is 10.2. The van der Waals surface area contributed by atoms with Crippen LogP contribution >= 0.6 is 0 Å². The van der Waals surface area contributed by atoms with E-state index in [1.165, 1.54) is 38.5 Å². The molecule has 56 heavy (non-hydrogen) atoms. The first kappa shape index (κ1) is 47.0. The van der Waals surface area contributed by atoms with Crippen molar-refractivity contribution in [2.75, 3.05) is 33.0 Å². The van der Waals surface area contributed by atoms with E-state index in [2.05, 4.69) is 34.6 Å². The predicted molar refractivity (Wildman–Crippen MR) is 235 cm³/mol. The van der Waals surface area contributed by atoms with Crippen LogP contribution in [-0.4, -0.2) is 50.2 Å². The second-order valence-electron chi connectivity index (χ2n) is 15.2. The van der Waals surface area contributed by atoms with Gasteiger partial charge in [0.05, 0.1) is 33.0 Å². The van der Waals surface area contributed by atoms with Crippen molar-refractivity contribution in [3.8, 4) is 51.0 Å². The van der Waals surface area contributed by atoms with Gasteiger partial charge in [0, 0.05) is 34.4 Å². The molecule has 0 unspecified atom stereocenters. The van der Waals surface area contributed by atoms with Crippen molar-refractivity contribution in [3.63, 3.8) is 0 Å². The number of ether oxygens (including phenoxy) is 5. The minimum absolute atomic E-state index is 0.364. The molecule has 0 aliphatic rings. The molecule has 0 saturated heterocycles. The highest BCUT2D eigenvalue weighted by atomic mass is 16.5. The predicted octanol–water partition coefficient (Wildman–Crippen LogP) is 12.5. The SMILES string of the molecule is CCCCCCOc1ccc(-c2cc(B(O)O)cc(-c3ccc(OCCCCCC)cc3OCCCCCC)c2OCCCCCC)c(OCCCCCC)c1. The van der Waals surface area contributed by atoms with Crippen molar-refractivity contribution < 1.29 is 33.7 Å². The van der Waals surface area contributed by atoms with Crippen molar-refractivity contribution in [1.82, 2.24) is 0 Å². The van der Waals surface area contributed by atoms with Gasteiger partial charge in [-0.15, -0.1) is 0 Å². The van der Waals surface area contributed by atoms with Gasteiger partial charge in [0.1, 0.15) is 28.7 Å². The fourth-order valence-corrected chi connectivity index (χ4v) is 6.79. The van der Waals surface area contributed by atoms with Crippen LogP contribution in [0.15, 0.2) is 48.5 Å². The summed E-state index contributed by atoms with van der Waals surface area (Å²) in [4.78, 5) is 0. The third-order valence-corrected chi connectivity index (χ3v) is 10.2. The molecular weight excluding hydrogens is 699 g/mol. The lowest BCUT2D eigenvalue weighted by atomic mass is 9.76. The highest BCUT2D eigenvalue weighted by molar-refractivity contribution is 6.59. The molecule has 8 heteroatoms. The second-order valence-corrected chi connectivity index (χ2v) is 15.2. The molecule has 3 aromatic rings. The molecule has 312 valence electrons. The fraction of sp³-hybridized carbons (Fsp3) is 0.625. The molecule has 7 nitrogen and oxygen atoms in total. The molecule has 0 atom stereocenters. The van der Waals surface area contributed by atoms with E-state index < -0.39 is 7.12 Å². The van der Waals surface area contributed by atoms with Gasteiger partial charge in [-0.3, -0.25) is 0 Å². The van der Waals surface area contributed by atoms with Gasteiger partial charge < -0.3 is 33.7 Å². The number of hydrogen-bond donors (Lipinski definition) is 2. The molecule has 0 radical (unpaired) electrons. The average molecular weight is 775 g/mol. The van der Waals surface area contributed by atoms with Gasteiger partial charge in [-0.2, -0.15) is 0 Å². The maximum Gasteiger partial charge on any atom is 0.488 e. The maximum atomic E-state index is 10.7. The van der Waals surface area contributed by atoms with E-state index in [0.29, 0.717) is 55.7 Å². The summed E-state index contributed by atoms with van der Waals surface area (Å²) in [5, 5.41) is 21.5. The van der Waals surface area contributed by atoms with E-state index in [0.717, 1.165) is 124 Å². The van der Waals surface area contributed by atoms with Crippen molar-refractivity contribution in [2.24, 2.45) is 0 Å². The molecule has 3 rings (SSSR count). The minimum atomic E-state index is -1.70. The molecule has 0 aliphatic heterocycles. The van der Waals surface area contributed by atoms with E-state index in [9.17, 15) is 10.0 Å². The number of unbranched alkanes of at least 4 members (excludes halogenated alkanes) is 15. The van der Waals surface area contributed by atoms with E-state index in [4.69, 9.17) is 23.7 Å². The molecule has 0 saturated carbocycles. The maximum absolute atomic E-state index is 10.7. The molecule has 0 spiro atoms. The Morgan fingerprint density at radius 2 is 0.714 bits per heavy atom. The lowest BCUT2D eigenvalue weighted by Gasteiger charge is -2.22. The summed E-state index contributed by atoms with van der Waals surface area (Å²) in [5.74, 6) is 3.58. The van der Waals surface area contributed by atoms with Crippen molar-refractivity contribution in [2.45, 2.75) is 163 Å². The Bertz CT molecular complexity index is 1380. The van der Waals surface area contributed by atoms with E-state index in [1.807, 2.05) is 48.5 Å². The lowest BCUT2D eigenvalue weighted by Crippen LogP contribution is -2.30. The van der Waals surface area contributed by atoms with Crippen LogP contribution in [0.5, 0.6) is 28.7 Å². The first-order valence-corrected chi connectivity index (χ1v) is 22.4. The average Bonchev–Trinajstić information content (AvgIpc) is 3.20. The van der Waals surface area contributed by atoms with Gasteiger partial charge in [0.25, 0.3) is 0 Å². The summed E-state index contributed by atoms with van der Waals surface area (Å²) in [7, 11) is -1.70. The summed E-state index contributed by atoms with van der Waals surface area (Å²) in [6, 6.07) is 15.7. The minimum Gasteiger partial charge on any atom is -0.493 e. The van der Waals surface area contributed by atoms with E-state index in [1.54, 1.807) is 0 Å². The largest absolute Gasteiger partial charge is 0.493 e. The standard InChI is InChI=1S/C48H75BO7/c1-6-11-16-21-30-52-40-26-28-42(46(37-40)54-32-23-18-13-8-3)44-35-39(49(50)51)36-45(48(44)56-34-25-20-15-10-5)43-29-27-41(53-31-22-17-12-7-2)38-47(43)55-33-24-19-14-9-4/h26-29,35-38,50-51H,6-25,30-34H2,1-5H3. The van der Waals surface area contributed by atoms with Gasteiger partial charge in [0.15, 0.2) is 0 Å². The third kappa shape index (κ3) is 17.0. The van der Waals surface area contributed by atoms with Crippen LogP contribution in [0, 0.1) is 0 Å². The molecule has 3 aromatic carbocycles. The Hall–Kier alpha value is -3.36. The first-order valence-electron chi connectivity index (χ1n) is 22.4. The van der Waals surface area contributed by atoms with Crippen molar-refractivity contribution in [3.05, 3.63) is 48.5 Å². The second kappa shape index (κ2) is 28.9. The molecule has 0 aliphatic carbocycles. The monoisotopic (exact) mass is 775 g/mol. The topological polar surface area (TPSA) is 86.6 Å². The van der Waals surface area contributed by atoms with Gasteiger partial charge in [0.2, 0.25) is 0 Å². The number of rotatable bonds is 33. The first-order chi connectivity index (χ1) is 27.5. The molecule has 0 amide bonds. The Morgan fingerprint density at radius 3 is 1.05 bits per heavy atom. The van der Waals surface area contributed by atoms with E-state index >= 15 is 0 Å². The van der Waals surface area contributed by atoms with Crippen LogP contribution < -0.4 is 29.1 Å². The van der Waals surface area contributed by atoms with Gasteiger partial charge in [-0.05, 0) is 61.8 Å². The van der Waals surface area contributed by atoms with Crippen LogP contribution in [0.2, 0.25) is 0 Å². The number of benzene rings is 3. The summed E-state index contributed by atoms with van der Waals surface area (Å²) < 4.78 is 32.4. The van der Waals surface area contributed by atoms with Gasteiger partial charge in [-0.1, -0.05) is 143 Å². The zero-order valence-electron chi connectivity index (χ0n) is 35.8.